The van der Waals surface area contributed by atoms with Gasteiger partial charge in [0.05, 0.1) is 5.69 Å². The topological polar surface area (TPSA) is 47.0 Å². The molecule has 1 aromatic rings. The summed E-state index contributed by atoms with van der Waals surface area (Å²) in [5.41, 5.74) is 2.77. The van der Waals surface area contributed by atoms with Crippen LogP contribution in [-0.2, 0) is 30.7 Å². The molecule has 0 bridgehead atoms. The molecule has 0 radical (unpaired) electrons. The molecule has 0 fully saturated rings. The SMILES string of the molecule is CCc1nc(COCC(F)(F)C(F)F)nc2c1CCNC2. The summed E-state index contributed by atoms with van der Waals surface area (Å²) in [5, 5.41) is 3.16. The highest BCUT2D eigenvalue weighted by Gasteiger charge is 2.41. The van der Waals surface area contributed by atoms with E-state index in [1.807, 2.05) is 6.92 Å². The Labute approximate surface area is 119 Å². The van der Waals surface area contributed by atoms with E-state index in [2.05, 4.69) is 20.0 Å². The molecule has 0 aliphatic carbocycles. The summed E-state index contributed by atoms with van der Waals surface area (Å²) < 4.78 is 54.2. The zero-order chi connectivity index (χ0) is 15.5. The Morgan fingerprint density at radius 3 is 2.76 bits per heavy atom. The molecule has 0 amide bonds. The third-order valence-electron chi connectivity index (χ3n) is 3.25. The van der Waals surface area contributed by atoms with Crippen LogP contribution in [0.15, 0.2) is 0 Å². The van der Waals surface area contributed by atoms with Gasteiger partial charge in [-0.2, -0.15) is 8.78 Å². The quantitative estimate of drug-likeness (QED) is 0.818. The zero-order valence-electron chi connectivity index (χ0n) is 11.6. The number of hydrogen-bond donors (Lipinski definition) is 1. The van der Waals surface area contributed by atoms with Crippen LogP contribution in [0.1, 0.15) is 29.7 Å². The van der Waals surface area contributed by atoms with E-state index in [1.54, 1.807) is 0 Å². The standard InChI is InChI=1S/C13H17F4N3O/c1-2-9-8-3-4-18-5-10(8)20-11(19-9)6-21-7-13(16,17)12(14)15/h12,18H,2-7H2,1H3. The van der Waals surface area contributed by atoms with E-state index >= 15 is 0 Å². The van der Waals surface area contributed by atoms with Crippen molar-refractivity contribution in [3.05, 3.63) is 22.8 Å². The number of rotatable bonds is 6. The number of halogens is 4. The summed E-state index contributed by atoms with van der Waals surface area (Å²) in [6.07, 6.45) is -2.22. The summed E-state index contributed by atoms with van der Waals surface area (Å²) in [6.45, 7) is 1.73. The van der Waals surface area contributed by atoms with Crippen molar-refractivity contribution in [3.63, 3.8) is 0 Å². The lowest BCUT2D eigenvalue weighted by Crippen LogP contribution is -2.32. The number of alkyl halides is 4. The number of nitrogens with one attached hydrogen (secondary N) is 1. The van der Waals surface area contributed by atoms with Gasteiger partial charge in [-0.05, 0) is 24.9 Å². The van der Waals surface area contributed by atoms with E-state index in [-0.39, 0.29) is 12.4 Å². The van der Waals surface area contributed by atoms with Gasteiger partial charge in [0.25, 0.3) is 0 Å². The molecule has 0 atom stereocenters. The molecular formula is C13H17F4N3O. The molecule has 118 valence electrons. The maximum absolute atomic E-state index is 12.7. The Kier molecular flexibility index (Phi) is 5.10. The molecule has 0 saturated heterocycles. The summed E-state index contributed by atoms with van der Waals surface area (Å²) in [7, 11) is 0. The fraction of sp³-hybridized carbons (Fsp3) is 0.692. The van der Waals surface area contributed by atoms with Gasteiger partial charge in [-0.25, -0.2) is 18.7 Å². The van der Waals surface area contributed by atoms with Crippen molar-refractivity contribution in [2.75, 3.05) is 13.2 Å². The van der Waals surface area contributed by atoms with E-state index in [9.17, 15) is 17.6 Å². The fourth-order valence-electron chi connectivity index (χ4n) is 2.19. The van der Waals surface area contributed by atoms with Gasteiger partial charge in [0.1, 0.15) is 13.2 Å². The maximum atomic E-state index is 12.7. The van der Waals surface area contributed by atoms with Crippen LogP contribution < -0.4 is 5.32 Å². The van der Waals surface area contributed by atoms with Crippen molar-refractivity contribution >= 4 is 0 Å². The largest absolute Gasteiger partial charge is 0.367 e. The Morgan fingerprint density at radius 2 is 2.10 bits per heavy atom. The molecule has 0 aromatic carbocycles. The lowest BCUT2D eigenvalue weighted by Gasteiger charge is -2.20. The lowest BCUT2D eigenvalue weighted by atomic mass is 10.0. The molecule has 8 heteroatoms. The van der Waals surface area contributed by atoms with Gasteiger partial charge in [-0.1, -0.05) is 6.92 Å². The molecule has 0 spiro atoms. The van der Waals surface area contributed by atoms with Crippen molar-refractivity contribution in [3.8, 4) is 0 Å². The second-order valence-corrected chi connectivity index (χ2v) is 4.85. The summed E-state index contributed by atoms with van der Waals surface area (Å²) in [4.78, 5) is 8.53. The molecule has 1 aliphatic rings. The fourth-order valence-corrected chi connectivity index (χ4v) is 2.19. The molecule has 1 aliphatic heterocycles. The minimum Gasteiger partial charge on any atom is -0.367 e. The zero-order valence-corrected chi connectivity index (χ0v) is 11.6. The second-order valence-electron chi connectivity index (χ2n) is 4.85. The second kappa shape index (κ2) is 6.65. The highest BCUT2D eigenvalue weighted by molar-refractivity contribution is 5.28. The van der Waals surface area contributed by atoms with Crippen LogP contribution in [0.2, 0.25) is 0 Å². The van der Waals surface area contributed by atoms with Gasteiger partial charge in [0.2, 0.25) is 0 Å². The van der Waals surface area contributed by atoms with Crippen LogP contribution in [0.3, 0.4) is 0 Å². The first-order chi connectivity index (χ1) is 9.94. The summed E-state index contributed by atoms with van der Waals surface area (Å²) >= 11 is 0. The van der Waals surface area contributed by atoms with Crippen molar-refractivity contribution in [2.24, 2.45) is 0 Å². The van der Waals surface area contributed by atoms with Crippen LogP contribution in [0.5, 0.6) is 0 Å². The number of aromatic nitrogens is 2. The monoisotopic (exact) mass is 307 g/mol. The third kappa shape index (κ3) is 3.88. The minimum atomic E-state index is -4.15. The molecule has 0 unspecified atom stereocenters. The van der Waals surface area contributed by atoms with E-state index < -0.39 is 19.0 Å². The molecule has 1 aromatic heterocycles. The average Bonchev–Trinajstić information content (AvgIpc) is 2.46. The van der Waals surface area contributed by atoms with Gasteiger partial charge in [-0.3, -0.25) is 0 Å². The number of aryl methyl sites for hydroxylation is 1. The van der Waals surface area contributed by atoms with Gasteiger partial charge < -0.3 is 10.1 Å². The van der Waals surface area contributed by atoms with Crippen molar-refractivity contribution in [1.82, 2.24) is 15.3 Å². The molecule has 2 heterocycles. The van der Waals surface area contributed by atoms with Crippen molar-refractivity contribution in [1.29, 1.82) is 0 Å². The summed E-state index contributed by atoms with van der Waals surface area (Å²) in [6, 6.07) is 0. The number of ether oxygens (including phenoxy) is 1. The van der Waals surface area contributed by atoms with E-state index in [4.69, 9.17) is 0 Å². The Balaban J connectivity index is 2.04. The molecule has 1 N–H and O–H groups in total. The van der Waals surface area contributed by atoms with Gasteiger partial charge >= 0.3 is 12.3 Å². The Bertz CT molecular complexity index is 479. The van der Waals surface area contributed by atoms with Crippen LogP contribution in [-0.4, -0.2) is 35.5 Å². The van der Waals surface area contributed by atoms with E-state index in [0.29, 0.717) is 13.0 Å². The highest BCUT2D eigenvalue weighted by Crippen LogP contribution is 2.23. The van der Waals surface area contributed by atoms with Gasteiger partial charge in [-0.15, -0.1) is 0 Å². The highest BCUT2D eigenvalue weighted by atomic mass is 19.3. The smallest absolute Gasteiger partial charge is 0.330 e. The number of fused-ring (bicyclic) bond motifs is 1. The minimum absolute atomic E-state index is 0.249. The first-order valence-corrected chi connectivity index (χ1v) is 6.76. The van der Waals surface area contributed by atoms with Crippen LogP contribution >= 0.6 is 0 Å². The van der Waals surface area contributed by atoms with Gasteiger partial charge in [0, 0.05) is 12.2 Å². The lowest BCUT2D eigenvalue weighted by molar-refractivity contribution is -0.168. The average molecular weight is 307 g/mol. The molecule has 2 rings (SSSR count). The predicted octanol–water partition coefficient (Wildman–Crippen LogP) is 2.10. The molecule has 0 saturated carbocycles. The number of hydrogen-bond acceptors (Lipinski definition) is 4. The Hall–Kier alpha value is -1.28. The normalized spacial score (nSPS) is 15.3. The first-order valence-electron chi connectivity index (χ1n) is 6.76. The van der Waals surface area contributed by atoms with Crippen molar-refractivity contribution in [2.45, 2.75) is 45.3 Å². The molecule has 21 heavy (non-hydrogen) atoms. The third-order valence-corrected chi connectivity index (χ3v) is 3.25. The van der Waals surface area contributed by atoms with Gasteiger partial charge in [0.15, 0.2) is 5.82 Å². The first kappa shape index (κ1) is 16.1. The van der Waals surface area contributed by atoms with E-state index in [1.165, 1.54) is 0 Å². The number of nitrogens with zero attached hydrogens (tertiary/aromatic N) is 2. The molecule has 4 nitrogen and oxygen atoms in total. The van der Waals surface area contributed by atoms with Crippen LogP contribution in [0.25, 0.3) is 0 Å². The Morgan fingerprint density at radius 1 is 1.33 bits per heavy atom. The summed E-state index contributed by atoms with van der Waals surface area (Å²) in [5.74, 6) is -3.90. The van der Waals surface area contributed by atoms with Crippen molar-refractivity contribution < 1.29 is 22.3 Å². The van der Waals surface area contributed by atoms with Crippen LogP contribution in [0, 0.1) is 0 Å². The molecular weight excluding hydrogens is 290 g/mol. The van der Waals surface area contributed by atoms with Crippen LogP contribution in [0.4, 0.5) is 17.6 Å². The predicted molar refractivity (Wildman–Crippen MR) is 67.4 cm³/mol. The maximum Gasteiger partial charge on any atom is 0.330 e. The van der Waals surface area contributed by atoms with E-state index in [0.717, 1.165) is 29.9 Å².